The number of allylic oxidation sites excluding steroid dienone is 8. The Morgan fingerprint density at radius 2 is 1.00 bits per heavy atom. The Bertz CT molecular complexity index is 780. The minimum atomic E-state index is -0.425. The second-order valence-electron chi connectivity index (χ2n) is 13.4. The lowest BCUT2D eigenvalue weighted by Crippen LogP contribution is -2.31. The summed E-state index contributed by atoms with van der Waals surface area (Å²) in [6.45, 7) is 5.63. The van der Waals surface area contributed by atoms with Gasteiger partial charge in [-0.25, -0.2) is 0 Å². The van der Waals surface area contributed by atoms with Crippen molar-refractivity contribution in [3.63, 3.8) is 0 Å². The van der Waals surface area contributed by atoms with E-state index in [1.165, 1.54) is 128 Å². The summed E-state index contributed by atoms with van der Waals surface area (Å²) in [6, 6.07) is 0. The molecule has 46 heavy (non-hydrogen) atoms. The van der Waals surface area contributed by atoms with Gasteiger partial charge in [-0.1, -0.05) is 145 Å². The van der Waals surface area contributed by atoms with Gasteiger partial charge >= 0.3 is 0 Å². The minimum Gasteiger partial charge on any atom is -0.347 e. The molecule has 5 heteroatoms. The first kappa shape index (κ1) is 42.2. The predicted molar refractivity (Wildman–Crippen MR) is 200 cm³/mol. The van der Waals surface area contributed by atoms with E-state index >= 15 is 0 Å². The summed E-state index contributed by atoms with van der Waals surface area (Å²) >= 11 is 0. The van der Waals surface area contributed by atoms with Crippen molar-refractivity contribution in [2.75, 3.05) is 13.2 Å². The van der Waals surface area contributed by atoms with E-state index in [0.29, 0.717) is 13.2 Å². The van der Waals surface area contributed by atoms with Crippen LogP contribution in [0.5, 0.6) is 0 Å². The maximum absolute atomic E-state index is 8.64. The van der Waals surface area contributed by atoms with Gasteiger partial charge in [0.15, 0.2) is 5.79 Å². The Kier molecular flexibility index (Phi) is 30.4. The predicted octanol–water partition coefficient (Wildman–Crippen LogP) is 14.2. The maximum Gasteiger partial charge on any atom is 0.168 e. The van der Waals surface area contributed by atoms with Gasteiger partial charge in [-0.15, -0.1) is 0 Å². The fraction of sp³-hybridized carbons (Fsp3) is 0.805. The zero-order valence-electron chi connectivity index (χ0n) is 30.4. The second-order valence-corrected chi connectivity index (χ2v) is 13.4. The quantitative estimate of drug-likeness (QED) is 0.0236. The molecule has 1 rings (SSSR count). The Hall–Kier alpha value is -1.81. The average Bonchev–Trinajstić information content (AvgIpc) is 3.47. The fourth-order valence-corrected chi connectivity index (χ4v) is 6.16. The van der Waals surface area contributed by atoms with Crippen LogP contribution in [0, 0.1) is 0 Å². The van der Waals surface area contributed by atoms with Gasteiger partial charge in [0.1, 0.15) is 0 Å². The van der Waals surface area contributed by atoms with Gasteiger partial charge in [0.25, 0.3) is 0 Å². The zero-order chi connectivity index (χ0) is 33.1. The molecule has 0 N–H and O–H groups in total. The van der Waals surface area contributed by atoms with Crippen LogP contribution in [0.1, 0.15) is 187 Å². The third-order valence-corrected chi connectivity index (χ3v) is 9.04. The number of unbranched alkanes of at least 4 members (excludes halogenated alkanes) is 18. The Balaban J connectivity index is 2.16. The topological polar surface area (TPSA) is 67.2 Å². The molecular weight excluding hydrogens is 566 g/mol. The number of azide groups is 1. The van der Waals surface area contributed by atoms with Gasteiger partial charge < -0.3 is 9.47 Å². The van der Waals surface area contributed by atoms with Crippen molar-refractivity contribution < 1.29 is 9.47 Å². The summed E-state index contributed by atoms with van der Waals surface area (Å²) in [7, 11) is 0. The monoisotopic (exact) mass is 640 g/mol. The molecule has 5 nitrogen and oxygen atoms in total. The Morgan fingerprint density at radius 1 is 0.587 bits per heavy atom. The SMILES string of the molecule is CCCCC/C=C\C/C=C\CCCCCCCCC1(CCCCCCCC/C=C\C/C=C\CCCCC)OCC(CCN=[N+]=[N-])O1. The first-order valence-corrected chi connectivity index (χ1v) is 19.7. The van der Waals surface area contributed by atoms with Gasteiger partial charge in [-0.05, 0) is 89.0 Å². The number of ether oxygens (including phenoxy) is 2. The maximum atomic E-state index is 8.64. The van der Waals surface area contributed by atoms with Crippen LogP contribution in [-0.2, 0) is 9.47 Å². The first-order valence-electron chi connectivity index (χ1n) is 19.7. The van der Waals surface area contributed by atoms with Crippen LogP contribution in [0.15, 0.2) is 53.7 Å². The molecule has 0 amide bonds. The van der Waals surface area contributed by atoms with Crippen molar-refractivity contribution in [2.45, 2.75) is 199 Å². The van der Waals surface area contributed by atoms with Crippen LogP contribution in [0.25, 0.3) is 10.4 Å². The highest BCUT2D eigenvalue weighted by molar-refractivity contribution is 4.93. The van der Waals surface area contributed by atoms with E-state index in [0.717, 1.165) is 44.9 Å². The van der Waals surface area contributed by atoms with Crippen LogP contribution in [0.4, 0.5) is 0 Å². The number of hydrogen-bond acceptors (Lipinski definition) is 3. The molecule has 264 valence electrons. The fourth-order valence-electron chi connectivity index (χ4n) is 6.16. The lowest BCUT2D eigenvalue weighted by molar-refractivity contribution is -0.179. The number of nitrogens with zero attached hydrogens (tertiary/aromatic N) is 3. The molecule has 1 unspecified atom stereocenters. The summed E-state index contributed by atoms with van der Waals surface area (Å²) in [5, 5.41) is 3.71. The van der Waals surface area contributed by atoms with Crippen LogP contribution in [-0.4, -0.2) is 25.0 Å². The molecular formula is C41H73N3O2. The van der Waals surface area contributed by atoms with Gasteiger partial charge in [-0.2, -0.15) is 0 Å². The van der Waals surface area contributed by atoms with E-state index < -0.39 is 5.79 Å². The first-order chi connectivity index (χ1) is 22.8. The van der Waals surface area contributed by atoms with Crippen molar-refractivity contribution in [1.82, 2.24) is 0 Å². The molecule has 1 fully saturated rings. The molecule has 0 aliphatic carbocycles. The molecule has 1 aliphatic rings. The number of rotatable bonds is 33. The molecule has 0 aromatic carbocycles. The average molecular weight is 640 g/mol. The smallest absolute Gasteiger partial charge is 0.168 e. The highest BCUT2D eigenvalue weighted by Crippen LogP contribution is 2.35. The molecule has 0 saturated carbocycles. The summed E-state index contributed by atoms with van der Waals surface area (Å²) in [6.07, 6.45) is 51.8. The molecule has 0 bridgehead atoms. The summed E-state index contributed by atoms with van der Waals surface area (Å²) in [5.41, 5.74) is 8.64. The Morgan fingerprint density at radius 3 is 1.43 bits per heavy atom. The van der Waals surface area contributed by atoms with Gasteiger partial charge in [-0.3, -0.25) is 0 Å². The summed E-state index contributed by atoms with van der Waals surface area (Å²) in [4.78, 5) is 2.90. The van der Waals surface area contributed by atoms with E-state index in [4.69, 9.17) is 15.0 Å². The molecule has 1 atom stereocenters. The molecule has 0 aromatic rings. The van der Waals surface area contributed by atoms with Crippen molar-refractivity contribution in [3.05, 3.63) is 59.1 Å². The zero-order valence-corrected chi connectivity index (χ0v) is 30.4. The molecule has 0 radical (unpaired) electrons. The van der Waals surface area contributed by atoms with Crippen LogP contribution < -0.4 is 0 Å². The van der Waals surface area contributed by atoms with E-state index in [9.17, 15) is 0 Å². The van der Waals surface area contributed by atoms with E-state index in [1.807, 2.05) is 0 Å². The largest absolute Gasteiger partial charge is 0.347 e. The van der Waals surface area contributed by atoms with Crippen LogP contribution in [0.2, 0.25) is 0 Å². The molecule has 0 aromatic heterocycles. The molecule has 1 heterocycles. The van der Waals surface area contributed by atoms with Crippen molar-refractivity contribution in [3.8, 4) is 0 Å². The van der Waals surface area contributed by atoms with Gasteiger partial charge in [0.05, 0.1) is 12.7 Å². The summed E-state index contributed by atoms with van der Waals surface area (Å²) in [5.74, 6) is -0.425. The van der Waals surface area contributed by atoms with E-state index in [1.54, 1.807) is 0 Å². The van der Waals surface area contributed by atoms with Crippen molar-refractivity contribution in [2.24, 2.45) is 5.11 Å². The molecule has 1 aliphatic heterocycles. The third-order valence-electron chi connectivity index (χ3n) is 9.04. The van der Waals surface area contributed by atoms with Crippen molar-refractivity contribution >= 4 is 0 Å². The van der Waals surface area contributed by atoms with E-state index in [2.05, 4.69) is 72.5 Å². The normalized spacial score (nSPS) is 16.5. The lowest BCUT2D eigenvalue weighted by atomic mass is 9.98. The van der Waals surface area contributed by atoms with Gasteiger partial charge in [0.2, 0.25) is 0 Å². The standard InChI is InChI=1S/C41H73N3O2/c1-3-5-7-9-11-13-15-17-19-21-23-25-27-29-31-33-36-41(45-39-40(46-41)35-38-43-44-42)37-34-32-30-28-26-24-22-20-18-16-14-12-10-8-6-4-2/h11-14,17-20,40H,3-10,15-16,21-39H2,1-2H3/b13-11-,14-12-,19-17-,20-18-. The van der Waals surface area contributed by atoms with E-state index in [-0.39, 0.29) is 6.10 Å². The van der Waals surface area contributed by atoms with Crippen molar-refractivity contribution in [1.29, 1.82) is 0 Å². The second kappa shape index (κ2) is 33.1. The molecule has 1 saturated heterocycles. The third kappa shape index (κ3) is 26.3. The minimum absolute atomic E-state index is 0.0553. The number of hydrogen-bond donors (Lipinski definition) is 0. The molecule has 0 spiro atoms. The van der Waals surface area contributed by atoms with Gasteiger partial charge in [0, 0.05) is 24.3 Å². The van der Waals surface area contributed by atoms with Crippen LogP contribution in [0.3, 0.4) is 0 Å². The summed E-state index contributed by atoms with van der Waals surface area (Å²) < 4.78 is 12.9. The lowest BCUT2D eigenvalue weighted by Gasteiger charge is -2.28. The Labute approximate surface area is 285 Å². The highest BCUT2D eigenvalue weighted by atomic mass is 16.7. The van der Waals surface area contributed by atoms with Crippen LogP contribution >= 0.6 is 0 Å². The highest BCUT2D eigenvalue weighted by Gasteiger charge is 2.40.